The SMILES string of the molecule is CCOCc1ccccc1CNC(=O)CC(C)=O. The highest BCUT2D eigenvalue weighted by Gasteiger charge is 2.06. The number of carbonyl (C=O) groups excluding carboxylic acids is 2. The quantitative estimate of drug-likeness (QED) is 0.750. The smallest absolute Gasteiger partial charge is 0.227 e. The lowest BCUT2D eigenvalue weighted by Crippen LogP contribution is -2.25. The van der Waals surface area contributed by atoms with Crippen LogP contribution >= 0.6 is 0 Å². The number of ketones is 1. The Bertz CT molecular complexity index is 415. The van der Waals surface area contributed by atoms with E-state index in [1.165, 1.54) is 6.92 Å². The van der Waals surface area contributed by atoms with Crippen LogP contribution in [0.3, 0.4) is 0 Å². The van der Waals surface area contributed by atoms with E-state index in [1.807, 2.05) is 31.2 Å². The number of hydrogen-bond acceptors (Lipinski definition) is 3. The highest BCUT2D eigenvalue weighted by molar-refractivity contribution is 5.96. The summed E-state index contributed by atoms with van der Waals surface area (Å²) < 4.78 is 5.36. The minimum Gasteiger partial charge on any atom is -0.377 e. The van der Waals surface area contributed by atoms with E-state index >= 15 is 0 Å². The molecule has 1 aromatic rings. The monoisotopic (exact) mass is 249 g/mol. The van der Waals surface area contributed by atoms with Gasteiger partial charge in [0.1, 0.15) is 5.78 Å². The lowest BCUT2D eigenvalue weighted by atomic mass is 10.1. The first-order chi connectivity index (χ1) is 8.63. The number of nitrogens with one attached hydrogen (secondary N) is 1. The lowest BCUT2D eigenvalue weighted by Gasteiger charge is -2.10. The third-order valence-electron chi connectivity index (χ3n) is 2.47. The average molecular weight is 249 g/mol. The van der Waals surface area contributed by atoms with Crippen LogP contribution < -0.4 is 5.32 Å². The van der Waals surface area contributed by atoms with Crippen molar-refractivity contribution in [1.82, 2.24) is 5.32 Å². The maximum atomic E-state index is 11.4. The van der Waals surface area contributed by atoms with Gasteiger partial charge in [-0.3, -0.25) is 9.59 Å². The Morgan fingerprint density at radius 3 is 2.50 bits per heavy atom. The molecule has 0 unspecified atom stereocenters. The summed E-state index contributed by atoms with van der Waals surface area (Å²) in [5.41, 5.74) is 2.07. The first kappa shape index (κ1) is 14.4. The van der Waals surface area contributed by atoms with Crippen LogP contribution in [0.4, 0.5) is 0 Å². The van der Waals surface area contributed by atoms with Gasteiger partial charge >= 0.3 is 0 Å². The predicted molar refractivity (Wildman–Crippen MR) is 68.9 cm³/mol. The van der Waals surface area contributed by atoms with E-state index in [1.54, 1.807) is 0 Å². The molecule has 4 heteroatoms. The van der Waals surface area contributed by atoms with Crippen molar-refractivity contribution in [3.8, 4) is 0 Å². The molecule has 98 valence electrons. The van der Waals surface area contributed by atoms with E-state index in [-0.39, 0.29) is 18.1 Å². The van der Waals surface area contributed by atoms with E-state index in [2.05, 4.69) is 5.32 Å². The molecule has 0 aliphatic heterocycles. The van der Waals surface area contributed by atoms with Crippen molar-refractivity contribution in [3.05, 3.63) is 35.4 Å². The Balaban J connectivity index is 2.55. The number of hydrogen-bond donors (Lipinski definition) is 1. The van der Waals surface area contributed by atoms with Crippen LogP contribution in [-0.2, 0) is 27.5 Å². The molecule has 0 aliphatic rings. The summed E-state index contributed by atoms with van der Waals surface area (Å²) in [5.74, 6) is -0.371. The van der Waals surface area contributed by atoms with Gasteiger partial charge < -0.3 is 10.1 Å². The van der Waals surface area contributed by atoms with Gasteiger partial charge in [-0.05, 0) is 25.0 Å². The highest BCUT2D eigenvalue weighted by Crippen LogP contribution is 2.10. The van der Waals surface area contributed by atoms with Crippen molar-refractivity contribution in [2.45, 2.75) is 33.4 Å². The van der Waals surface area contributed by atoms with Gasteiger partial charge in [0.05, 0.1) is 13.0 Å². The summed E-state index contributed by atoms with van der Waals surface area (Å²) in [6, 6.07) is 7.78. The Kier molecular flexibility index (Phi) is 6.08. The number of ether oxygens (including phenoxy) is 1. The van der Waals surface area contributed by atoms with Crippen molar-refractivity contribution in [2.24, 2.45) is 0 Å². The van der Waals surface area contributed by atoms with E-state index in [0.717, 1.165) is 11.1 Å². The number of carbonyl (C=O) groups is 2. The largest absolute Gasteiger partial charge is 0.377 e. The fraction of sp³-hybridized carbons (Fsp3) is 0.429. The van der Waals surface area contributed by atoms with E-state index in [0.29, 0.717) is 19.8 Å². The molecule has 4 nitrogen and oxygen atoms in total. The van der Waals surface area contributed by atoms with E-state index in [4.69, 9.17) is 4.74 Å². The van der Waals surface area contributed by atoms with Crippen molar-refractivity contribution >= 4 is 11.7 Å². The number of Topliss-reactive ketones (excluding diaryl/α,β-unsaturated/α-hetero) is 1. The van der Waals surface area contributed by atoms with Crippen LogP contribution in [0.25, 0.3) is 0 Å². The predicted octanol–water partition coefficient (Wildman–Crippen LogP) is 1.82. The molecule has 1 N–H and O–H groups in total. The average Bonchev–Trinajstić information content (AvgIpc) is 2.34. The Morgan fingerprint density at radius 2 is 1.89 bits per heavy atom. The van der Waals surface area contributed by atoms with Crippen LogP contribution in [0, 0.1) is 0 Å². The molecular weight excluding hydrogens is 230 g/mol. The second-order valence-corrected chi connectivity index (χ2v) is 4.06. The molecule has 0 saturated carbocycles. The van der Waals surface area contributed by atoms with Gasteiger partial charge in [-0.25, -0.2) is 0 Å². The summed E-state index contributed by atoms with van der Waals surface area (Å²) >= 11 is 0. The van der Waals surface area contributed by atoms with Crippen LogP contribution in [0.1, 0.15) is 31.4 Å². The molecule has 0 atom stereocenters. The third kappa shape index (κ3) is 5.10. The molecule has 0 saturated heterocycles. The second kappa shape index (κ2) is 7.61. The zero-order chi connectivity index (χ0) is 13.4. The molecular formula is C14H19NO3. The Labute approximate surface area is 107 Å². The first-order valence-corrected chi connectivity index (χ1v) is 6.04. The maximum absolute atomic E-state index is 11.4. The summed E-state index contributed by atoms with van der Waals surface area (Å²) in [5, 5.41) is 2.73. The Hall–Kier alpha value is -1.68. The first-order valence-electron chi connectivity index (χ1n) is 6.04. The molecule has 0 heterocycles. The van der Waals surface area contributed by atoms with Gasteiger partial charge in [0, 0.05) is 13.2 Å². The number of rotatable bonds is 7. The molecule has 18 heavy (non-hydrogen) atoms. The summed E-state index contributed by atoms with van der Waals surface area (Å²) in [6.45, 7) is 4.97. The van der Waals surface area contributed by atoms with Gasteiger partial charge in [0.2, 0.25) is 5.91 Å². The molecule has 0 fully saturated rings. The zero-order valence-electron chi connectivity index (χ0n) is 10.9. The molecule has 0 radical (unpaired) electrons. The fourth-order valence-electron chi connectivity index (χ4n) is 1.57. The summed E-state index contributed by atoms with van der Waals surface area (Å²) in [7, 11) is 0. The van der Waals surface area contributed by atoms with Crippen molar-refractivity contribution in [2.75, 3.05) is 6.61 Å². The van der Waals surface area contributed by atoms with Crippen LogP contribution in [-0.4, -0.2) is 18.3 Å². The van der Waals surface area contributed by atoms with Crippen LogP contribution in [0.5, 0.6) is 0 Å². The molecule has 0 aliphatic carbocycles. The molecule has 0 aromatic heterocycles. The van der Waals surface area contributed by atoms with Gasteiger partial charge in [0.25, 0.3) is 0 Å². The number of amides is 1. The zero-order valence-corrected chi connectivity index (χ0v) is 10.9. The molecule has 1 rings (SSSR count). The van der Waals surface area contributed by atoms with E-state index in [9.17, 15) is 9.59 Å². The second-order valence-electron chi connectivity index (χ2n) is 4.06. The molecule has 1 amide bonds. The minimum absolute atomic E-state index is 0.0619. The van der Waals surface area contributed by atoms with Crippen molar-refractivity contribution in [1.29, 1.82) is 0 Å². The minimum atomic E-state index is -0.242. The van der Waals surface area contributed by atoms with Gasteiger partial charge in [0.15, 0.2) is 0 Å². The third-order valence-corrected chi connectivity index (χ3v) is 2.47. The van der Waals surface area contributed by atoms with Crippen molar-refractivity contribution < 1.29 is 14.3 Å². The normalized spacial score (nSPS) is 10.1. The van der Waals surface area contributed by atoms with Gasteiger partial charge in [-0.15, -0.1) is 0 Å². The van der Waals surface area contributed by atoms with E-state index < -0.39 is 0 Å². The lowest BCUT2D eigenvalue weighted by molar-refractivity contribution is -0.127. The van der Waals surface area contributed by atoms with Crippen molar-refractivity contribution in [3.63, 3.8) is 0 Å². The molecule has 0 bridgehead atoms. The fourth-order valence-corrected chi connectivity index (χ4v) is 1.57. The summed E-state index contributed by atoms with van der Waals surface area (Å²) in [6.07, 6.45) is -0.0619. The molecule has 1 aromatic carbocycles. The van der Waals surface area contributed by atoms with Crippen LogP contribution in [0.2, 0.25) is 0 Å². The topological polar surface area (TPSA) is 55.4 Å². The molecule has 0 spiro atoms. The Morgan fingerprint density at radius 1 is 1.22 bits per heavy atom. The maximum Gasteiger partial charge on any atom is 0.227 e. The van der Waals surface area contributed by atoms with Gasteiger partial charge in [-0.2, -0.15) is 0 Å². The summed E-state index contributed by atoms with van der Waals surface area (Å²) in [4.78, 5) is 22.2. The van der Waals surface area contributed by atoms with Crippen LogP contribution in [0.15, 0.2) is 24.3 Å². The standard InChI is InChI=1S/C14H19NO3/c1-3-18-10-13-7-5-4-6-12(13)9-15-14(17)8-11(2)16/h4-7H,3,8-10H2,1-2H3,(H,15,17). The van der Waals surface area contributed by atoms with Gasteiger partial charge in [-0.1, -0.05) is 24.3 Å². The number of benzene rings is 1. The highest BCUT2D eigenvalue weighted by atomic mass is 16.5.